The fourth-order valence-electron chi connectivity index (χ4n) is 1.65. The summed E-state index contributed by atoms with van der Waals surface area (Å²) < 4.78 is 30.0. The van der Waals surface area contributed by atoms with Crippen molar-refractivity contribution in [3.8, 4) is 0 Å². The average molecular weight is 237 g/mol. The van der Waals surface area contributed by atoms with Gasteiger partial charge in [0.05, 0.1) is 18.5 Å². The molecule has 1 unspecified atom stereocenters. The molecule has 1 aliphatic heterocycles. The first-order chi connectivity index (χ1) is 7.10. The Morgan fingerprint density at radius 2 is 2.27 bits per heavy atom. The number of hydrogen-bond acceptors (Lipinski definition) is 4. The van der Waals surface area contributed by atoms with E-state index in [1.54, 1.807) is 6.92 Å². The van der Waals surface area contributed by atoms with Gasteiger partial charge in [0, 0.05) is 19.7 Å². The van der Waals surface area contributed by atoms with Crippen LogP contribution in [0.5, 0.6) is 0 Å². The number of ether oxygens (including phenoxy) is 1. The highest BCUT2D eigenvalue weighted by molar-refractivity contribution is 7.89. The molecule has 5 nitrogen and oxygen atoms in total. The van der Waals surface area contributed by atoms with Crippen LogP contribution in [0.4, 0.5) is 0 Å². The monoisotopic (exact) mass is 237 g/mol. The Labute approximate surface area is 91.1 Å². The highest BCUT2D eigenvalue weighted by Crippen LogP contribution is 2.15. The van der Waals surface area contributed by atoms with Gasteiger partial charge in [-0.3, -0.25) is 0 Å². The lowest BCUT2D eigenvalue weighted by Gasteiger charge is -2.23. The summed E-state index contributed by atoms with van der Waals surface area (Å²) in [6, 6.07) is 0. The van der Waals surface area contributed by atoms with Gasteiger partial charge in [0.1, 0.15) is 0 Å². The van der Waals surface area contributed by atoms with Crippen LogP contribution in [0.3, 0.4) is 0 Å². The highest BCUT2D eigenvalue weighted by atomic mass is 32.2. The maximum atomic E-state index is 11.6. The zero-order chi connectivity index (χ0) is 11.3. The molecule has 1 N–H and O–H groups in total. The van der Waals surface area contributed by atoms with Crippen molar-refractivity contribution in [1.82, 2.24) is 4.31 Å². The van der Waals surface area contributed by atoms with Gasteiger partial charge in [-0.25, -0.2) is 8.42 Å². The molecule has 0 aromatic rings. The van der Waals surface area contributed by atoms with E-state index in [4.69, 9.17) is 9.84 Å². The molecule has 1 aliphatic rings. The van der Waals surface area contributed by atoms with E-state index >= 15 is 0 Å². The first-order valence-corrected chi connectivity index (χ1v) is 6.91. The quantitative estimate of drug-likeness (QED) is 0.695. The predicted octanol–water partition coefficient (Wildman–Crippen LogP) is -0.191. The minimum Gasteiger partial charge on any atom is -0.395 e. The van der Waals surface area contributed by atoms with Gasteiger partial charge in [0.2, 0.25) is 10.0 Å². The van der Waals surface area contributed by atoms with Gasteiger partial charge in [-0.05, 0) is 19.8 Å². The molecule has 1 fully saturated rings. The van der Waals surface area contributed by atoms with Crippen molar-refractivity contribution in [2.45, 2.75) is 25.9 Å². The predicted molar refractivity (Wildman–Crippen MR) is 57.1 cm³/mol. The van der Waals surface area contributed by atoms with Crippen molar-refractivity contribution in [2.75, 3.05) is 32.1 Å². The molecule has 1 saturated heterocycles. The largest absolute Gasteiger partial charge is 0.395 e. The molecule has 0 spiro atoms. The van der Waals surface area contributed by atoms with Gasteiger partial charge in [0.15, 0.2) is 0 Å². The van der Waals surface area contributed by atoms with Crippen LogP contribution in [0.2, 0.25) is 0 Å². The van der Waals surface area contributed by atoms with Crippen LogP contribution in [-0.4, -0.2) is 56.0 Å². The van der Waals surface area contributed by atoms with Crippen LogP contribution in [0.25, 0.3) is 0 Å². The normalized spacial score (nSPS) is 22.5. The van der Waals surface area contributed by atoms with E-state index in [9.17, 15) is 8.42 Å². The van der Waals surface area contributed by atoms with Gasteiger partial charge >= 0.3 is 0 Å². The third kappa shape index (κ3) is 3.71. The minimum absolute atomic E-state index is 0.00197. The lowest BCUT2D eigenvalue weighted by molar-refractivity contribution is 0.0902. The molecule has 0 aliphatic carbocycles. The SMILES string of the molecule is CCS(=O)(=O)N(CCO)CC1CCCO1. The van der Waals surface area contributed by atoms with Crippen molar-refractivity contribution >= 4 is 10.0 Å². The number of hydrogen-bond donors (Lipinski definition) is 1. The molecular formula is C9H19NO4S. The van der Waals surface area contributed by atoms with Crippen molar-refractivity contribution in [2.24, 2.45) is 0 Å². The summed E-state index contributed by atoms with van der Waals surface area (Å²) >= 11 is 0. The summed E-state index contributed by atoms with van der Waals surface area (Å²) in [5, 5.41) is 8.82. The second kappa shape index (κ2) is 5.79. The van der Waals surface area contributed by atoms with Crippen LogP contribution >= 0.6 is 0 Å². The zero-order valence-corrected chi connectivity index (χ0v) is 9.87. The molecule has 1 atom stereocenters. The maximum Gasteiger partial charge on any atom is 0.213 e. The zero-order valence-electron chi connectivity index (χ0n) is 9.05. The van der Waals surface area contributed by atoms with E-state index in [1.807, 2.05) is 0 Å². The van der Waals surface area contributed by atoms with Crippen LogP contribution in [0, 0.1) is 0 Å². The Hall–Kier alpha value is -0.170. The first kappa shape index (κ1) is 12.9. The molecular weight excluding hydrogens is 218 g/mol. The second-order valence-corrected chi connectivity index (χ2v) is 5.87. The minimum atomic E-state index is -3.22. The standard InChI is InChI=1S/C9H19NO4S/c1-2-15(12,13)10(5-6-11)8-9-4-3-7-14-9/h9,11H,2-8H2,1H3. The third-order valence-corrected chi connectivity index (χ3v) is 4.39. The van der Waals surface area contributed by atoms with Crippen molar-refractivity contribution in [3.05, 3.63) is 0 Å². The van der Waals surface area contributed by atoms with E-state index in [1.165, 1.54) is 4.31 Å². The van der Waals surface area contributed by atoms with E-state index in [-0.39, 0.29) is 25.0 Å². The van der Waals surface area contributed by atoms with Crippen LogP contribution in [0.1, 0.15) is 19.8 Å². The van der Waals surface area contributed by atoms with Gasteiger partial charge in [0.25, 0.3) is 0 Å². The van der Waals surface area contributed by atoms with E-state index in [2.05, 4.69) is 0 Å². The molecule has 0 radical (unpaired) electrons. The fraction of sp³-hybridized carbons (Fsp3) is 1.00. The lowest BCUT2D eigenvalue weighted by atomic mass is 10.2. The Balaban J connectivity index is 2.57. The van der Waals surface area contributed by atoms with Crippen LogP contribution in [0.15, 0.2) is 0 Å². The van der Waals surface area contributed by atoms with E-state index in [0.717, 1.165) is 12.8 Å². The molecule has 15 heavy (non-hydrogen) atoms. The molecule has 0 aromatic carbocycles. The van der Waals surface area contributed by atoms with Crippen molar-refractivity contribution < 1.29 is 18.3 Å². The Bertz CT molecular complexity index is 272. The molecule has 0 saturated carbocycles. The molecule has 6 heteroatoms. The van der Waals surface area contributed by atoms with Gasteiger partial charge in [-0.1, -0.05) is 0 Å². The molecule has 1 heterocycles. The van der Waals surface area contributed by atoms with Gasteiger partial charge in [-0.2, -0.15) is 4.31 Å². The molecule has 0 bridgehead atoms. The van der Waals surface area contributed by atoms with E-state index in [0.29, 0.717) is 13.2 Å². The average Bonchev–Trinajstić information content (AvgIpc) is 2.70. The summed E-state index contributed by atoms with van der Waals surface area (Å²) in [6.07, 6.45) is 1.89. The number of aliphatic hydroxyl groups excluding tert-OH is 1. The smallest absolute Gasteiger partial charge is 0.213 e. The van der Waals surface area contributed by atoms with Crippen molar-refractivity contribution in [1.29, 1.82) is 0 Å². The van der Waals surface area contributed by atoms with Crippen molar-refractivity contribution in [3.63, 3.8) is 0 Å². The number of sulfonamides is 1. The number of rotatable bonds is 6. The summed E-state index contributed by atoms with van der Waals surface area (Å²) in [7, 11) is -3.22. The van der Waals surface area contributed by atoms with Gasteiger partial charge < -0.3 is 9.84 Å². The summed E-state index contributed by atoms with van der Waals surface area (Å²) in [6.45, 7) is 2.71. The first-order valence-electron chi connectivity index (χ1n) is 5.30. The van der Waals surface area contributed by atoms with Gasteiger partial charge in [-0.15, -0.1) is 0 Å². The summed E-state index contributed by atoms with van der Waals surface area (Å²) in [5.74, 6) is 0.0692. The molecule has 0 amide bonds. The topological polar surface area (TPSA) is 66.8 Å². The van der Waals surface area contributed by atoms with Crippen LogP contribution in [-0.2, 0) is 14.8 Å². The molecule has 90 valence electrons. The van der Waals surface area contributed by atoms with E-state index < -0.39 is 10.0 Å². The fourth-order valence-corrected chi connectivity index (χ4v) is 2.77. The highest BCUT2D eigenvalue weighted by Gasteiger charge is 2.25. The lowest BCUT2D eigenvalue weighted by Crippen LogP contribution is -2.40. The van der Waals surface area contributed by atoms with Crippen LogP contribution < -0.4 is 0 Å². The Kier molecular flexibility index (Phi) is 4.98. The summed E-state index contributed by atoms with van der Waals surface area (Å²) in [5.41, 5.74) is 0. The number of aliphatic hydroxyl groups is 1. The number of nitrogens with zero attached hydrogens (tertiary/aromatic N) is 1. The maximum absolute atomic E-state index is 11.6. The summed E-state index contributed by atoms with van der Waals surface area (Å²) in [4.78, 5) is 0. The Morgan fingerprint density at radius 3 is 2.73 bits per heavy atom. The third-order valence-electron chi connectivity index (χ3n) is 2.54. The Morgan fingerprint density at radius 1 is 1.53 bits per heavy atom. The molecule has 0 aromatic heterocycles. The second-order valence-electron chi connectivity index (χ2n) is 3.62. The molecule has 1 rings (SSSR count).